The zero-order chi connectivity index (χ0) is 18.7. The molecule has 1 aromatic heterocycles. The van der Waals surface area contributed by atoms with E-state index in [1.807, 2.05) is 36.4 Å². The number of carbonyl (C=O) groups is 1. The molecule has 0 unspecified atom stereocenters. The third kappa shape index (κ3) is 3.19. The van der Waals surface area contributed by atoms with Crippen LogP contribution in [0, 0.1) is 34.0 Å². The lowest BCUT2D eigenvalue weighted by Crippen LogP contribution is -2.44. The first-order chi connectivity index (χ1) is 12.5. The topological polar surface area (TPSA) is 116 Å². The van der Waals surface area contributed by atoms with Gasteiger partial charge in [0.05, 0.1) is 28.5 Å². The Bertz CT molecular complexity index is 950. The molecular weight excluding hydrogens is 350 g/mol. The molecule has 0 aliphatic carbocycles. The van der Waals surface area contributed by atoms with Crippen molar-refractivity contribution < 1.29 is 9.21 Å². The van der Waals surface area contributed by atoms with Gasteiger partial charge in [-0.15, -0.1) is 10.2 Å². The zero-order valence-electron chi connectivity index (χ0n) is 14.2. The molecule has 8 heteroatoms. The van der Waals surface area contributed by atoms with Crippen LogP contribution in [-0.2, 0) is 10.5 Å². The molecule has 2 aromatic rings. The predicted molar refractivity (Wildman–Crippen MR) is 94.7 cm³/mol. The van der Waals surface area contributed by atoms with E-state index in [9.17, 15) is 15.3 Å². The van der Waals surface area contributed by atoms with Crippen LogP contribution in [0.1, 0.15) is 19.7 Å². The first-order valence-corrected chi connectivity index (χ1v) is 8.82. The van der Waals surface area contributed by atoms with Gasteiger partial charge in [0.2, 0.25) is 17.7 Å². The van der Waals surface area contributed by atoms with Crippen molar-refractivity contribution in [2.75, 3.05) is 0 Å². The summed E-state index contributed by atoms with van der Waals surface area (Å²) in [5.41, 5.74) is 0.326. The van der Waals surface area contributed by atoms with Gasteiger partial charge in [0.25, 0.3) is 0 Å². The summed E-state index contributed by atoms with van der Waals surface area (Å²) in [6, 6.07) is 13.5. The van der Waals surface area contributed by atoms with Gasteiger partial charge in [-0.25, -0.2) is 0 Å². The number of nitriles is 2. The highest BCUT2D eigenvalue weighted by molar-refractivity contribution is 8.02. The number of aromatic nitrogens is 2. The van der Waals surface area contributed by atoms with Gasteiger partial charge < -0.3 is 9.73 Å². The van der Waals surface area contributed by atoms with Crippen molar-refractivity contribution in [2.24, 2.45) is 11.3 Å². The fourth-order valence-electron chi connectivity index (χ4n) is 2.68. The second-order valence-electron chi connectivity index (χ2n) is 6.24. The van der Waals surface area contributed by atoms with Crippen LogP contribution in [-0.4, -0.2) is 16.1 Å². The van der Waals surface area contributed by atoms with Crippen LogP contribution in [0.2, 0.25) is 0 Å². The van der Waals surface area contributed by atoms with Crippen molar-refractivity contribution in [3.63, 3.8) is 0 Å². The van der Waals surface area contributed by atoms with E-state index in [0.717, 1.165) is 5.56 Å². The van der Waals surface area contributed by atoms with Gasteiger partial charge in [-0.05, 0) is 12.1 Å². The van der Waals surface area contributed by atoms with Gasteiger partial charge in [-0.1, -0.05) is 43.8 Å². The summed E-state index contributed by atoms with van der Waals surface area (Å²) in [6.07, 6.45) is 0. The molecule has 2 heterocycles. The number of nitrogens with zero attached hydrogens (tertiary/aromatic N) is 4. The maximum atomic E-state index is 12.2. The Hall–Kier alpha value is -3.10. The molecular formula is C18H15N5O2S. The summed E-state index contributed by atoms with van der Waals surface area (Å²) in [7, 11) is 0. The Labute approximate surface area is 154 Å². The van der Waals surface area contributed by atoms with Crippen molar-refractivity contribution in [3.05, 3.63) is 46.8 Å². The maximum Gasteiger partial charge on any atom is 0.247 e. The summed E-state index contributed by atoms with van der Waals surface area (Å²) in [5, 5.41) is 29.8. The molecule has 130 valence electrons. The molecule has 0 bridgehead atoms. The van der Waals surface area contributed by atoms with E-state index < -0.39 is 17.2 Å². The predicted octanol–water partition coefficient (Wildman–Crippen LogP) is 3.00. The molecule has 3 rings (SSSR count). The average molecular weight is 365 g/mol. The minimum Gasteiger partial charge on any atom is -0.420 e. The zero-order valence-corrected chi connectivity index (χ0v) is 15.0. The van der Waals surface area contributed by atoms with Crippen LogP contribution < -0.4 is 5.32 Å². The Morgan fingerprint density at radius 2 is 2.00 bits per heavy atom. The molecule has 0 saturated carbocycles. The number of thioether (sulfide) groups is 1. The fourth-order valence-corrected chi connectivity index (χ4v) is 3.69. The second kappa shape index (κ2) is 7.03. The van der Waals surface area contributed by atoms with Crippen molar-refractivity contribution in [3.8, 4) is 23.6 Å². The largest absolute Gasteiger partial charge is 0.420 e. The van der Waals surface area contributed by atoms with Crippen LogP contribution in [0.25, 0.3) is 11.5 Å². The summed E-state index contributed by atoms with van der Waals surface area (Å²) in [6.45, 7) is 3.44. The molecule has 26 heavy (non-hydrogen) atoms. The number of carbonyl (C=O) groups excluding carboxylic acids is 1. The lowest BCUT2D eigenvalue weighted by molar-refractivity contribution is -0.125. The first kappa shape index (κ1) is 17.7. The monoisotopic (exact) mass is 365 g/mol. The number of nitrogens with one attached hydrogen (secondary N) is 1. The number of hydrogen-bond donors (Lipinski definition) is 1. The Morgan fingerprint density at radius 1 is 1.27 bits per heavy atom. The minimum atomic E-state index is -0.908. The SMILES string of the molecule is CC1(C)C(C#N)=C(SCc2nnc(-c3ccccc3)o2)NC(=O)[C@@H]1C#N. The molecule has 1 aliphatic rings. The van der Waals surface area contributed by atoms with Gasteiger partial charge in [0, 0.05) is 11.0 Å². The van der Waals surface area contributed by atoms with Crippen LogP contribution in [0.15, 0.2) is 45.4 Å². The highest BCUT2D eigenvalue weighted by Gasteiger charge is 2.44. The number of rotatable bonds is 4. The Kier molecular flexibility index (Phi) is 4.79. The van der Waals surface area contributed by atoms with E-state index in [2.05, 4.69) is 21.6 Å². The molecule has 1 N–H and O–H groups in total. The molecule has 1 aromatic carbocycles. The van der Waals surface area contributed by atoms with E-state index in [1.54, 1.807) is 13.8 Å². The summed E-state index contributed by atoms with van der Waals surface area (Å²) in [4.78, 5) is 12.2. The molecule has 1 amide bonds. The fraction of sp³-hybridized carbons (Fsp3) is 0.278. The highest BCUT2D eigenvalue weighted by Crippen LogP contribution is 2.42. The maximum absolute atomic E-state index is 12.2. The van der Waals surface area contributed by atoms with Crippen molar-refractivity contribution in [2.45, 2.75) is 19.6 Å². The van der Waals surface area contributed by atoms with E-state index in [0.29, 0.717) is 28.1 Å². The number of amides is 1. The van der Waals surface area contributed by atoms with Gasteiger partial charge in [-0.2, -0.15) is 10.5 Å². The molecule has 0 saturated heterocycles. The minimum absolute atomic E-state index is 0.300. The number of hydrogen-bond acceptors (Lipinski definition) is 7. The third-order valence-electron chi connectivity index (χ3n) is 4.16. The molecule has 0 radical (unpaired) electrons. The van der Waals surface area contributed by atoms with Crippen LogP contribution >= 0.6 is 11.8 Å². The van der Waals surface area contributed by atoms with Crippen LogP contribution in [0.5, 0.6) is 0 Å². The standard InChI is InChI=1S/C18H15N5O2S/c1-18(2)12(8-19)15(24)21-17(13(18)9-20)26-10-14-22-23-16(25-14)11-6-4-3-5-7-11/h3-7,12H,10H2,1-2H3,(H,21,24)/t12-/m0/s1. The van der Waals surface area contributed by atoms with E-state index in [4.69, 9.17) is 4.42 Å². The third-order valence-corrected chi connectivity index (χ3v) is 5.15. The van der Waals surface area contributed by atoms with Gasteiger partial charge in [0.15, 0.2) is 0 Å². The normalized spacial score (nSPS) is 18.8. The van der Waals surface area contributed by atoms with E-state index in [-0.39, 0.29) is 0 Å². The summed E-state index contributed by atoms with van der Waals surface area (Å²) in [5.74, 6) is -0.223. The summed E-state index contributed by atoms with van der Waals surface area (Å²) < 4.78 is 5.64. The van der Waals surface area contributed by atoms with Gasteiger partial charge >= 0.3 is 0 Å². The smallest absolute Gasteiger partial charge is 0.247 e. The van der Waals surface area contributed by atoms with E-state index >= 15 is 0 Å². The second-order valence-corrected chi connectivity index (χ2v) is 7.23. The molecule has 0 spiro atoms. The van der Waals surface area contributed by atoms with Crippen LogP contribution in [0.4, 0.5) is 0 Å². The Balaban J connectivity index is 1.80. The average Bonchev–Trinajstić information content (AvgIpc) is 3.09. The molecule has 1 aliphatic heterocycles. The first-order valence-electron chi connectivity index (χ1n) is 7.83. The quantitative estimate of drug-likeness (QED) is 0.885. The van der Waals surface area contributed by atoms with Gasteiger partial charge in [-0.3, -0.25) is 4.79 Å². The number of benzene rings is 1. The van der Waals surface area contributed by atoms with Crippen molar-refractivity contribution in [1.82, 2.24) is 15.5 Å². The number of allylic oxidation sites excluding steroid dienone is 1. The molecule has 0 fully saturated rings. The summed E-state index contributed by atoms with van der Waals surface area (Å²) >= 11 is 1.23. The highest BCUT2D eigenvalue weighted by atomic mass is 32.2. The van der Waals surface area contributed by atoms with Crippen molar-refractivity contribution >= 4 is 17.7 Å². The molecule has 7 nitrogen and oxygen atoms in total. The van der Waals surface area contributed by atoms with Crippen LogP contribution in [0.3, 0.4) is 0 Å². The molecule has 1 atom stereocenters. The Morgan fingerprint density at radius 3 is 2.65 bits per heavy atom. The van der Waals surface area contributed by atoms with Crippen molar-refractivity contribution in [1.29, 1.82) is 10.5 Å². The lowest BCUT2D eigenvalue weighted by Gasteiger charge is -2.34. The lowest BCUT2D eigenvalue weighted by atomic mass is 9.72. The van der Waals surface area contributed by atoms with E-state index in [1.165, 1.54) is 11.8 Å². The van der Waals surface area contributed by atoms with Gasteiger partial charge in [0.1, 0.15) is 5.92 Å².